The maximum absolute atomic E-state index is 12.7. The molecule has 1 N–H and O–H groups in total. The minimum absolute atomic E-state index is 0.319. The molecule has 0 saturated carbocycles. The summed E-state index contributed by atoms with van der Waals surface area (Å²) in [5, 5.41) is 0.950. The van der Waals surface area contributed by atoms with Crippen LogP contribution in [0, 0.1) is 0 Å². The molecule has 0 aliphatic carbocycles. The fraction of sp³-hybridized carbons (Fsp3) is 0.176. The molecule has 1 heterocycles. The van der Waals surface area contributed by atoms with Crippen LogP contribution in [0.25, 0.3) is 10.9 Å². The summed E-state index contributed by atoms with van der Waals surface area (Å²) in [6.45, 7) is 0.759. The van der Waals surface area contributed by atoms with E-state index < -0.39 is 9.84 Å². The van der Waals surface area contributed by atoms with Gasteiger partial charge in [-0.1, -0.05) is 18.2 Å². The number of nitrogens with zero attached hydrogens (tertiary/aromatic N) is 1. The standard InChI is InChI=1S/C17H18N2O2S/c1-19(2)12-13-11-18-17-9-8-15(10-16(13)17)22(20,21)14-6-4-3-5-7-14/h3-11,18H,12H2,1-2H3. The first-order valence-electron chi connectivity index (χ1n) is 7.03. The van der Waals surface area contributed by atoms with Crippen molar-refractivity contribution < 1.29 is 8.42 Å². The third-order valence-electron chi connectivity index (χ3n) is 3.59. The molecule has 0 amide bonds. The van der Waals surface area contributed by atoms with E-state index in [4.69, 9.17) is 0 Å². The van der Waals surface area contributed by atoms with Crippen molar-refractivity contribution in [1.29, 1.82) is 0 Å². The van der Waals surface area contributed by atoms with Crippen molar-refractivity contribution in [3.8, 4) is 0 Å². The number of rotatable bonds is 4. The lowest BCUT2D eigenvalue weighted by Crippen LogP contribution is -2.10. The Balaban J connectivity index is 2.12. The second-order valence-electron chi connectivity index (χ2n) is 5.58. The molecule has 3 rings (SSSR count). The topological polar surface area (TPSA) is 53.2 Å². The van der Waals surface area contributed by atoms with Crippen LogP contribution in [0.15, 0.2) is 64.5 Å². The molecule has 1 aromatic heterocycles. The van der Waals surface area contributed by atoms with Crippen LogP contribution in [0.4, 0.5) is 0 Å². The Labute approximate surface area is 130 Å². The van der Waals surface area contributed by atoms with Gasteiger partial charge in [-0.05, 0) is 50.0 Å². The fourth-order valence-corrected chi connectivity index (χ4v) is 3.84. The fourth-order valence-electron chi connectivity index (χ4n) is 2.53. The number of sulfone groups is 1. The molecule has 0 fully saturated rings. The van der Waals surface area contributed by atoms with Gasteiger partial charge in [0, 0.05) is 23.6 Å². The Kier molecular flexibility index (Phi) is 3.76. The van der Waals surface area contributed by atoms with Gasteiger partial charge in [-0.2, -0.15) is 0 Å². The van der Waals surface area contributed by atoms with E-state index in [9.17, 15) is 8.42 Å². The minimum Gasteiger partial charge on any atom is -0.361 e. The smallest absolute Gasteiger partial charge is 0.206 e. The van der Waals surface area contributed by atoms with Crippen LogP contribution in [0.5, 0.6) is 0 Å². The molecule has 0 aliphatic heterocycles. The predicted molar refractivity (Wildman–Crippen MR) is 87.6 cm³/mol. The van der Waals surface area contributed by atoms with Crippen LogP contribution in [-0.2, 0) is 16.4 Å². The largest absolute Gasteiger partial charge is 0.361 e. The number of benzene rings is 2. The van der Waals surface area contributed by atoms with E-state index in [1.165, 1.54) is 0 Å². The van der Waals surface area contributed by atoms with Gasteiger partial charge in [0.25, 0.3) is 0 Å². The molecular formula is C17H18N2O2S. The van der Waals surface area contributed by atoms with Gasteiger partial charge < -0.3 is 9.88 Å². The molecule has 0 unspecified atom stereocenters. The van der Waals surface area contributed by atoms with Gasteiger partial charge >= 0.3 is 0 Å². The molecule has 0 bridgehead atoms. The molecule has 2 aromatic carbocycles. The first-order valence-corrected chi connectivity index (χ1v) is 8.52. The van der Waals surface area contributed by atoms with E-state index in [2.05, 4.69) is 9.88 Å². The summed E-state index contributed by atoms with van der Waals surface area (Å²) in [4.78, 5) is 5.89. The Morgan fingerprint density at radius 2 is 1.73 bits per heavy atom. The van der Waals surface area contributed by atoms with Crippen molar-refractivity contribution >= 4 is 20.7 Å². The molecule has 3 aromatic rings. The number of aromatic amines is 1. The van der Waals surface area contributed by atoms with Gasteiger partial charge in [-0.3, -0.25) is 0 Å². The molecule has 0 saturated heterocycles. The molecule has 4 nitrogen and oxygen atoms in total. The first-order chi connectivity index (χ1) is 10.5. The van der Waals surface area contributed by atoms with E-state index >= 15 is 0 Å². The van der Waals surface area contributed by atoms with Crippen molar-refractivity contribution in [3.63, 3.8) is 0 Å². The highest BCUT2D eigenvalue weighted by molar-refractivity contribution is 7.91. The quantitative estimate of drug-likeness (QED) is 0.805. The Hall–Kier alpha value is -2.11. The van der Waals surface area contributed by atoms with Gasteiger partial charge in [0.05, 0.1) is 9.79 Å². The summed E-state index contributed by atoms with van der Waals surface area (Å²) in [6, 6.07) is 13.8. The maximum atomic E-state index is 12.7. The molecule has 5 heteroatoms. The summed E-state index contributed by atoms with van der Waals surface area (Å²) < 4.78 is 25.4. The summed E-state index contributed by atoms with van der Waals surface area (Å²) in [6.07, 6.45) is 1.93. The number of fused-ring (bicyclic) bond motifs is 1. The number of nitrogens with one attached hydrogen (secondary N) is 1. The zero-order valence-corrected chi connectivity index (χ0v) is 13.4. The van der Waals surface area contributed by atoms with Crippen molar-refractivity contribution in [1.82, 2.24) is 9.88 Å². The van der Waals surface area contributed by atoms with E-state index in [-0.39, 0.29) is 0 Å². The SMILES string of the molecule is CN(C)Cc1c[nH]c2ccc(S(=O)(=O)c3ccccc3)cc12. The lowest BCUT2D eigenvalue weighted by Gasteiger charge is -2.09. The van der Waals surface area contributed by atoms with Crippen molar-refractivity contribution in [2.75, 3.05) is 14.1 Å². The van der Waals surface area contributed by atoms with Crippen LogP contribution in [0.2, 0.25) is 0 Å². The summed E-state index contributed by atoms with van der Waals surface area (Å²) in [5.41, 5.74) is 2.04. The molecule has 22 heavy (non-hydrogen) atoms. The van der Waals surface area contributed by atoms with Crippen LogP contribution in [0.1, 0.15) is 5.56 Å². The molecular weight excluding hydrogens is 296 g/mol. The second-order valence-corrected chi connectivity index (χ2v) is 7.53. The van der Waals surface area contributed by atoms with Gasteiger partial charge in [0.2, 0.25) is 9.84 Å². The summed E-state index contributed by atoms with van der Waals surface area (Å²) in [7, 11) is 0.498. The highest BCUT2D eigenvalue weighted by atomic mass is 32.2. The molecule has 0 radical (unpaired) electrons. The Morgan fingerprint density at radius 1 is 1.00 bits per heavy atom. The van der Waals surface area contributed by atoms with E-state index in [0.29, 0.717) is 9.79 Å². The van der Waals surface area contributed by atoms with E-state index in [0.717, 1.165) is 23.0 Å². The average molecular weight is 314 g/mol. The van der Waals surface area contributed by atoms with Gasteiger partial charge in [-0.25, -0.2) is 8.42 Å². The number of H-pyrrole nitrogens is 1. The zero-order chi connectivity index (χ0) is 15.7. The van der Waals surface area contributed by atoms with E-state index in [1.54, 1.807) is 36.4 Å². The first kappa shape index (κ1) is 14.8. The average Bonchev–Trinajstić information content (AvgIpc) is 2.90. The molecule has 0 spiro atoms. The lowest BCUT2D eigenvalue weighted by molar-refractivity contribution is 0.404. The highest BCUT2D eigenvalue weighted by Gasteiger charge is 2.18. The number of hydrogen-bond donors (Lipinski definition) is 1. The van der Waals surface area contributed by atoms with Gasteiger partial charge in [-0.15, -0.1) is 0 Å². The normalized spacial score (nSPS) is 12.1. The third kappa shape index (κ3) is 2.65. The van der Waals surface area contributed by atoms with Crippen LogP contribution in [-0.4, -0.2) is 32.4 Å². The second kappa shape index (κ2) is 5.59. The highest BCUT2D eigenvalue weighted by Crippen LogP contribution is 2.26. The lowest BCUT2D eigenvalue weighted by atomic mass is 10.2. The molecule has 0 aliphatic rings. The van der Waals surface area contributed by atoms with Crippen molar-refractivity contribution in [3.05, 3.63) is 60.3 Å². The monoisotopic (exact) mass is 314 g/mol. The Morgan fingerprint density at radius 3 is 2.41 bits per heavy atom. The Bertz CT molecular complexity index is 897. The van der Waals surface area contributed by atoms with E-state index in [1.807, 2.05) is 32.4 Å². The van der Waals surface area contributed by atoms with Crippen LogP contribution in [0.3, 0.4) is 0 Å². The van der Waals surface area contributed by atoms with Crippen LogP contribution < -0.4 is 0 Å². The minimum atomic E-state index is -3.48. The maximum Gasteiger partial charge on any atom is 0.206 e. The molecule has 0 atom stereocenters. The number of hydrogen-bond acceptors (Lipinski definition) is 3. The molecule has 114 valence electrons. The number of aromatic nitrogens is 1. The zero-order valence-electron chi connectivity index (χ0n) is 12.6. The summed E-state index contributed by atoms with van der Waals surface area (Å²) >= 11 is 0. The van der Waals surface area contributed by atoms with Gasteiger partial charge in [0.15, 0.2) is 0 Å². The van der Waals surface area contributed by atoms with Crippen LogP contribution >= 0.6 is 0 Å². The van der Waals surface area contributed by atoms with Crippen molar-refractivity contribution in [2.45, 2.75) is 16.3 Å². The van der Waals surface area contributed by atoms with Crippen molar-refractivity contribution in [2.24, 2.45) is 0 Å². The summed E-state index contributed by atoms with van der Waals surface area (Å²) in [5.74, 6) is 0. The third-order valence-corrected chi connectivity index (χ3v) is 5.36. The van der Waals surface area contributed by atoms with Gasteiger partial charge in [0.1, 0.15) is 0 Å². The predicted octanol–water partition coefficient (Wildman–Crippen LogP) is 3.06.